The highest BCUT2D eigenvalue weighted by molar-refractivity contribution is 8.03. The zero-order valence-electron chi connectivity index (χ0n) is 28.7. The lowest BCUT2D eigenvalue weighted by Gasteiger charge is -2.32. The number of rotatable bonds is 18. The molecule has 8 heteroatoms. The summed E-state index contributed by atoms with van der Waals surface area (Å²) in [5, 5.41) is 2.44. The predicted molar refractivity (Wildman–Crippen MR) is 194 cm³/mol. The van der Waals surface area contributed by atoms with Crippen LogP contribution in [0.1, 0.15) is 25.0 Å². The van der Waals surface area contributed by atoms with Crippen molar-refractivity contribution in [3.05, 3.63) is 95.0 Å². The van der Waals surface area contributed by atoms with Crippen LogP contribution in [0.4, 0.5) is 5.69 Å². The third-order valence-corrected chi connectivity index (χ3v) is 10.3. The Balaban J connectivity index is 1.40. The molecule has 1 aromatic heterocycles. The molecule has 4 aromatic rings. The summed E-state index contributed by atoms with van der Waals surface area (Å²) in [7, 11) is 6.17. The van der Waals surface area contributed by atoms with Crippen LogP contribution in [0.15, 0.2) is 88.8 Å². The number of benzene rings is 3. The van der Waals surface area contributed by atoms with Crippen molar-refractivity contribution in [3.63, 3.8) is 0 Å². The molecular formula is C39H51N3O4S+2. The molecule has 250 valence electrons. The molecule has 1 aliphatic rings. The number of methoxy groups -OCH3 is 1. The molecule has 47 heavy (non-hydrogen) atoms. The fraction of sp³-hybridized carbons (Fsp3) is 0.410. The first kappa shape index (κ1) is 35.1. The van der Waals surface area contributed by atoms with Crippen molar-refractivity contribution >= 4 is 34.4 Å². The third-order valence-electron chi connectivity index (χ3n) is 9.12. The largest absolute Gasteiger partial charge is 0.382 e. The molecule has 0 amide bonds. The summed E-state index contributed by atoms with van der Waals surface area (Å²) in [4.78, 5) is 3.58. The summed E-state index contributed by atoms with van der Waals surface area (Å²) in [6.07, 6.45) is 2.34. The number of anilines is 1. The Bertz CT molecular complexity index is 1620. The molecule has 2 heterocycles. The van der Waals surface area contributed by atoms with Crippen LogP contribution in [0, 0.1) is 0 Å². The van der Waals surface area contributed by atoms with Gasteiger partial charge in [0.2, 0.25) is 11.2 Å². The number of ether oxygens (including phenoxy) is 4. The molecule has 0 bridgehead atoms. The van der Waals surface area contributed by atoms with Gasteiger partial charge in [-0.2, -0.15) is 4.57 Å². The van der Waals surface area contributed by atoms with Crippen molar-refractivity contribution in [2.24, 2.45) is 0 Å². The van der Waals surface area contributed by atoms with Gasteiger partial charge in [-0.15, -0.1) is 0 Å². The Hall–Kier alpha value is -3.24. The van der Waals surface area contributed by atoms with Crippen LogP contribution in [0.2, 0.25) is 0 Å². The highest BCUT2D eigenvalue weighted by Crippen LogP contribution is 2.45. The lowest BCUT2D eigenvalue weighted by molar-refractivity contribution is -0.919. The first-order valence-corrected chi connectivity index (χ1v) is 17.6. The normalized spacial score (nSPS) is 14.0. The summed E-state index contributed by atoms with van der Waals surface area (Å²) < 4.78 is 25.7. The van der Waals surface area contributed by atoms with Gasteiger partial charge in [0.05, 0.1) is 75.9 Å². The fourth-order valence-electron chi connectivity index (χ4n) is 5.87. The second kappa shape index (κ2) is 17.2. The second-order valence-electron chi connectivity index (χ2n) is 12.2. The van der Waals surface area contributed by atoms with Gasteiger partial charge in [-0.1, -0.05) is 48.2 Å². The van der Waals surface area contributed by atoms with E-state index in [0.29, 0.717) is 46.2 Å². The van der Waals surface area contributed by atoms with Gasteiger partial charge < -0.3 is 28.3 Å². The van der Waals surface area contributed by atoms with E-state index in [4.69, 9.17) is 18.9 Å². The molecule has 0 unspecified atom stereocenters. The highest BCUT2D eigenvalue weighted by atomic mass is 32.2. The van der Waals surface area contributed by atoms with Crippen molar-refractivity contribution in [2.45, 2.75) is 31.8 Å². The topological polar surface area (TPSA) is 44.0 Å². The number of nitrogens with zero attached hydrogens (tertiary/aromatic N) is 3. The molecule has 0 saturated carbocycles. The molecular weight excluding hydrogens is 607 g/mol. The first-order chi connectivity index (χ1) is 23.0. The van der Waals surface area contributed by atoms with E-state index in [-0.39, 0.29) is 0 Å². The molecule has 0 spiro atoms. The van der Waals surface area contributed by atoms with Crippen LogP contribution in [-0.2, 0) is 32.0 Å². The molecule has 1 aliphatic heterocycles. The monoisotopic (exact) mass is 657 g/mol. The predicted octanol–water partition coefficient (Wildman–Crippen LogP) is 7.02. The van der Waals surface area contributed by atoms with E-state index in [9.17, 15) is 0 Å². The molecule has 5 rings (SSSR count). The minimum atomic E-state index is 0.542. The Morgan fingerprint density at radius 2 is 1.43 bits per heavy atom. The molecule has 3 aromatic carbocycles. The summed E-state index contributed by atoms with van der Waals surface area (Å²) in [5.74, 6) is 0. The van der Waals surface area contributed by atoms with E-state index in [0.717, 1.165) is 30.7 Å². The van der Waals surface area contributed by atoms with Crippen molar-refractivity contribution in [1.82, 2.24) is 0 Å². The first-order valence-electron chi connectivity index (χ1n) is 16.8. The average molecular weight is 658 g/mol. The van der Waals surface area contributed by atoms with E-state index in [1.807, 2.05) is 11.8 Å². The minimum Gasteiger partial charge on any atom is -0.382 e. The summed E-state index contributed by atoms with van der Waals surface area (Å²) in [6, 6.07) is 28.9. The Morgan fingerprint density at radius 3 is 2.11 bits per heavy atom. The van der Waals surface area contributed by atoms with Crippen molar-refractivity contribution in [2.75, 3.05) is 85.4 Å². The lowest BCUT2D eigenvalue weighted by atomic mass is 10.0. The zero-order chi connectivity index (χ0) is 33.1. The van der Waals surface area contributed by atoms with E-state index in [1.54, 1.807) is 7.11 Å². The van der Waals surface area contributed by atoms with E-state index in [2.05, 4.69) is 122 Å². The number of para-hydroxylation sites is 2. The number of pyridine rings is 1. The van der Waals surface area contributed by atoms with Crippen LogP contribution in [0.3, 0.4) is 0 Å². The van der Waals surface area contributed by atoms with Gasteiger partial charge in [0.25, 0.3) is 0 Å². The zero-order valence-corrected chi connectivity index (χ0v) is 29.6. The van der Waals surface area contributed by atoms with Gasteiger partial charge in [-0.3, -0.25) is 0 Å². The standard InChI is InChI=1S/C39H51N3O4S/c1-6-42(4,7-2)30-31-16-18-32(19-17-31)37-28-33(29-39-40(3)36-14-10-11-15-38(36)47-39)34-12-8-9-13-35(34)41(37)20-21-44-24-25-46-27-26-45-23-22-43-5/h8-19,28-29H,6-7,20-27,30H2,1-5H3/q+2. The van der Waals surface area contributed by atoms with Crippen molar-refractivity contribution in [1.29, 1.82) is 0 Å². The van der Waals surface area contributed by atoms with Crippen LogP contribution in [-0.4, -0.2) is 85.0 Å². The van der Waals surface area contributed by atoms with Crippen LogP contribution in [0.25, 0.3) is 28.2 Å². The number of aromatic nitrogens is 1. The number of hydrogen-bond donors (Lipinski definition) is 0. The highest BCUT2D eigenvalue weighted by Gasteiger charge is 2.25. The van der Waals surface area contributed by atoms with Gasteiger partial charge in [0.1, 0.15) is 13.2 Å². The summed E-state index contributed by atoms with van der Waals surface area (Å²) >= 11 is 1.83. The molecule has 0 radical (unpaired) electrons. The number of hydrogen-bond acceptors (Lipinski definition) is 6. The van der Waals surface area contributed by atoms with Crippen LogP contribution < -0.4 is 9.47 Å². The van der Waals surface area contributed by atoms with Crippen molar-refractivity contribution < 1.29 is 28.0 Å². The van der Waals surface area contributed by atoms with E-state index >= 15 is 0 Å². The van der Waals surface area contributed by atoms with Crippen LogP contribution >= 0.6 is 11.8 Å². The maximum Gasteiger partial charge on any atom is 0.213 e. The van der Waals surface area contributed by atoms with Gasteiger partial charge in [-0.25, -0.2) is 0 Å². The summed E-state index contributed by atoms with van der Waals surface area (Å²) in [5.41, 5.74) is 7.40. The number of fused-ring (bicyclic) bond motifs is 2. The SMILES string of the molecule is CC[N+](C)(CC)Cc1ccc(-c2cc(C=C3Sc4ccccc4N3C)c3ccccc3[n+]2CCOCCOCCOCCOC)cc1. The molecule has 7 nitrogen and oxygen atoms in total. The average Bonchev–Trinajstić information content (AvgIpc) is 3.42. The maximum absolute atomic E-state index is 6.08. The van der Waals surface area contributed by atoms with E-state index in [1.165, 1.54) is 48.9 Å². The third kappa shape index (κ3) is 9.02. The second-order valence-corrected chi connectivity index (χ2v) is 13.3. The van der Waals surface area contributed by atoms with Crippen molar-refractivity contribution in [3.8, 4) is 11.3 Å². The Labute approximate surface area is 285 Å². The van der Waals surface area contributed by atoms with Gasteiger partial charge >= 0.3 is 0 Å². The van der Waals surface area contributed by atoms with Crippen LogP contribution in [0.5, 0.6) is 0 Å². The van der Waals surface area contributed by atoms with Gasteiger partial charge in [0.15, 0.2) is 6.54 Å². The quantitative estimate of drug-likeness (QED) is 0.0652. The number of quaternary nitrogens is 1. The molecule has 0 aliphatic carbocycles. The van der Waals surface area contributed by atoms with Gasteiger partial charge in [0, 0.05) is 42.3 Å². The summed E-state index contributed by atoms with van der Waals surface area (Å²) in [6.45, 7) is 12.5. The Morgan fingerprint density at radius 1 is 0.787 bits per heavy atom. The fourth-order valence-corrected chi connectivity index (χ4v) is 6.98. The van der Waals surface area contributed by atoms with Gasteiger partial charge in [-0.05, 0) is 55.8 Å². The molecule has 0 atom stereocenters. The molecule has 0 fully saturated rings. The number of thioether (sulfide) groups is 1. The van der Waals surface area contributed by atoms with E-state index < -0.39 is 0 Å². The molecule has 0 N–H and O–H groups in total. The minimum absolute atomic E-state index is 0.542. The smallest absolute Gasteiger partial charge is 0.213 e. The lowest BCUT2D eigenvalue weighted by Crippen LogP contribution is -2.42. The Kier molecular flexibility index (Phi) is 12.9. The molecule has 0 saturated heterocycles. The maximum atomic E-state index is 6.08.